The second-order valence-corrected chi connectivity index (χ2v) is 8.71. The van der Waals surface area contributed by atoms with Gasteiger partial charge in [-0.3, -0.25) is 4.79 Å². The molecule has 2 aromatic rings. The molecule has 0 aliphatic carbocycles. The Morgan fingerprint density at radius 3 is 2.62 bits per heavy atom. The number of rotatable bonds is 9. The maximum atomic E-state index is 12.7. The predicted molar refractivity (Wildman–Crippen MR) is 124 cm³/mol. The molecular weight excluding hydrogens is 378 g/mol. The van der Waals surface area contributed by atoms with Gasteiger partial charge in [-0.15, -0.1) is 11.8 Å². The summed E-state index contributed by atoms with van der Waals surface area (Å²) in [6.45, 7) is 12.2. The van der Waals surface area contributed by atoms with Gasteiger partial charge >= 0.3 is 0 Å². The van der Waals surface area contributed by atoms with Gasteiger partial charge in [0.2, 0.25) is 0 Å². The number of hydrogen-bond donors (Lipinski definition) is 1. The van der Waals surface area contributed by atoms with Gasteiger partial charge in [-0.2, -0.15) is 0 Å². The van der Waals surface area contributed by atoms with Crippen LogP contribution in [-0.4, -0.2) is 49.3 Å². The van der Waals surface area contributed by atoms with Gasteiger partial charge in [0.05, 0.1) is 5.69 Å². The molecule has 0 fully saturated rings. The molecule has 1 amide bonds. The smallest absolute Gasteiger partial charge is 0.251 e. The zero-order valence-electron chi connectivity index (χ0n) is 17.9. The molecule has 0 spiro atoms. The van der Waals surface area contributed by atoms with Crippen LogP contribution in [-0.2, 0) is 6.54 Å². The molecule has 2 aromatic carbocycles. The second-order valence-electron chi connectivity index (χ2n) is 7.57. The van der Waals surface area contributed by atoms with Crippen molar-refractivity contribution in [3.63, 3.8) is 0 Å². The van der Waals surface area contributed by atoms with Gasteiger partial charge in [-0.1, -0.05) is 43.7 Å². The lowest BCUT2D eigenvalue weighted by Gasteiger charge is -2.31. The first-order chi connectivity index (χ1) is 14.1. The number of anilines is 1. The summed E-state index contributed by atoms with van der Waals surface area (Å²) in [5.41, 5.74) is 4.52. The minimum Gasteiger partial charge on any atom is -0.365 e. The second kappa shape index (κ2) is 10.7. The van der Waals surface area contributed by atoms with E-state index < -0.39 is 0 Å². The quantitative estimate of drug-likeness (QED) is 0.613. The van der Waals surface area contributed by atoms with Crippen molar-refractivity contribution >= 4 is 23.4 Å². The largest absolute Gasteiger partial charge is 0.365 e. The fraction of sp³-hybridized carbons (Fsp3) is 0.458. The van der Waals surface area contributed by atoms with E-state index in [1.807, 2.05) is 17.8 Å². The van der Waals surface area contributed by atoms with Crippen molar-refractivity contribution in [2.45, 2.75) is 38.6 Å². The number of thioether (sulfide) groups is 1. The van der Waals surface area contributed by atoms with E-state index in [0.717, 1.165) is 50.5 Å². The minimum absolute atomic E-state index is 0.0261. The highest BCUT2D eigenvalue weighted by molar-refractivity contribution is 7.99. The number of hydrogen-bond acceptors (Lipinski definition) is 4. The van der Waals surface area contributed by atoms with E-state index in [9.17, 15) is 4.79 Å². The Morgan fingerprint density at radius 2 is 1.90 bits per heavy atom. The molecule has 156 valence electrons. The van der Waals surface area contributed by atoms with Crippen LogP contribution < -0.4 is 10.2 Å². The van der Waals surface area contributed by atoms with Crippen molar-refractivity contribution in [1.82, 2.24) is 10.2 Å². The number of carbonyl (C=O) groups excluding carboxylic acids is 1. The van der Waals surface area contributed by atoms with Gasteiger partial charge in [-0.05, 0) is 56.7 Å². The lowest BCUT2D eigenvalue weighted by Crippen LogP contribution is -2.31. The number of nitrogens with zero attached hydrogens (tertiary/aromatic N) is 2. The highest BCUT2D eigenvalue weighted by Crippen LogP contribution is 2.36. The van der Waals surface area contributed by atoms with E-state index in [1.165, 1.54) is 21.7 Å². The molecule has 0 unspecified atom stereocenters. The molecule has 0 atom stereocenters. The van der Waals surface area contributed by atoms with Crippen molar-refractivity contribution < 1.29 is 4.79 Å². The Bertz CT molecular complexity index is 802. The molecule has 0 radical (unpaired) electrons. The molecule has 29 heavy (non-hydrogen) atoms. The molecule has 0 aromatic heterocycles. The Morgan fingerprint density at radius 1 is 1.14 bits per heavy atom. The molecule has 0 saturated heterocycles. The standard InChI is InChI=1S/C24H33N3OS/c1-4-26(5-2)14-6-13-25-24(28)21-11-12-23-22(17-21)27(15-16-29-23)18-20-9-7-19(3)8-10-20/h7-12,17H,4-6,13-16,18H2,1-3H3,(H,25,28). The summed E-state index contributed by atoms with van der Waals surface area (Å²) in [5, 5.41) is 3.09. The molecule has 1 aliphatic rings. The Labute approximate surface area is 179 Å². The van der Waals surface area contributed by atoms with Crippen LogP contribution in [0.5, 0.6) is 0 Å². The summed E-state index contributed by atoms with van der Waals surface area (Å²) in [7, 11) is 0. The third-order valence-corrected chi connectivity index (χ3v) is 6.55. The first-order valence-corrected chi connectivity index (χ1v) is 11.7. The molecule has 0 saturated carbocycles. The van der Waals surface area contributed by atoms with Crippen LogP contribution in [0.4, 0.5) is 5.69 Å². The average molecular weight is 412 g/mol. The van der Waals surface area contributed by atoms with Crippen molar-refractivity contribution in [1.29, 1.82) is 0 Å². The summed E-state index contributed by atoms with van der Waals surface area (Å²) < 4.78 is 0. The molecule has 5 heteroatoms. The highest BCUT2D eigenvalue weighted by Gasteiger charge is 2.19. The van der Waals surface area contributed by atoms with E-state index in [2.05, 4.69) is 72.3 Å². The third-order valence-electron chi connectivity index (χ3n) is 5.51. The lowest BCUT2D eigenvalue weighted by molar-refractivity contribution is 0.0952. The van der Waals surface area contributed by atoms with E-state index in [0.29, 0.717) is 6.54 Å². The Hall–Kier alpha value is -1.98. The van der Waals surface area contributed by atoms with Crippen LogP contribution >= 0.6 is 11.8 Å². The monoisotopic (exact) mass is 411 g/mol. The van der Waals surface area contributed by atoms with Crippen LogP contribution in [0, 0.1) is 6.92 Å². The molecule has 1 aliphatic heterocycles. The van der Waals surface area contributed by atoms with E-state index in [-0.39, 0.29) is 5.91 Å². The number of fused-ring (bicyclic) bond motifs is 1. The van der Waals surface area contributed by atoms with Crippen LogP contribution in [0.15, 0.2) is 47.4 Å². The van der Waals surface area contributed by atoms with Crippen LogP contribution in [0.1, 0.15) is 41.8 Å². The molecule has 4 nitrogen and oxygen atoms in total. The Kier molecular flexibility index (Phi) is 8.01. The van der Waals surface area contributed by atoms with Crippen LogP contribution in [0.2, 0.25) is 0 Å². The van der Waals surface area contributed by atoms with Gasteiger partial charge in [0.15, 0.2) is 0 Å². The number of nitrogens with one attached hydrogen (secondary N) is 1. The van der Waals surface area contributed by atoms with Crippen molar-refractivity contribution in [3.8, 4) is 0 Å². The van der Waals surface area contributed by atoms with Crippen molar-refractivity contribution in [3.05, 3.63) is 59.2 Å². The predicted octanol–water partition coefficient (Wildman–Crippen LogP) is 4.57. The number of benzene rings is 2. The van der Waals surface area contributed by atoms with Gasteiger partial charge in [0, 0.05) is 35.8 Å². The van der Waals surface area contributed by atoms with Crippen LogP contribution in [0.25, 0.3) is 0 Å². The van der Waals surface area contributed by atoms with Crippen LogP contribution in [0.3, 0.4) is 0 Å². The lowest BCUT2D eigenvalue weighted by atomic mass is 10.1. The van der Waals surface area contributed by atoms with E-state index in [1.54, 1.807) is 0 Å². The van der Waals surface area contributed by atoms with E-state index in [4.69, 9.17) is 0 Å². The zero-order chi connectivity index (χ0) is 20.6. The number of amides is 1. The third kappa shape index (κ3) is 6.00. The molecule has 1 N–H and O–H groups in total. The van der Waals surface area contributed by atoms with Crippen molar-refractivity contribution in [2.24, 2.45) is 0 Å². The maximum absolute atomic E-state index is 12.7. The zero-order valence-corrected chi connectivity index (χ0v) is 18.7. The van der Waals surface area contributed by atoms with Gasteiger partial charge in [0.1, 0.15) is 0 Å². The van der Waals surface area contributed by atoms with Gasteiger partial charge < -0.3 is 15.1 Å². The molecule has 3 rings (SSSR count). The van der Waals surface area contributed by atoms with Gasteiger partial charge in [0.25, 0.3) is 5.91 Å². The minimum atomic E-state index is 0.0261. The summed E-state index contributed by atoms with van der Waals surface area (Å²) >= 11 is 1.88. The summed E-state index contributed by atoms with van der Waals surface area (Å²) in [6, 6.07) is 14.9. The Balaban J connectivity index is 1.63. The normalized spacial score (nSPS) is 13.4. The molecule has 0 bridgehead atoms. The summed E-state index contributed by atoms with van der Waals surface area (Å²) in [5.74, 6) is 1.11. The maximum Gasteiger partial charge on any atom is 0.251 e. The number of carbonyl (C=O) groups is 1. The summed E-state index contributed by atoms with van der Waals surface area (Å²) in [6.07, 6.45) is 0.980. The molecular formula is C24H33N3OS. The fourth-order valence-corrected chi connectivity index (χ4v) is 4.67. The number of aryl methyl sites for hydroxylation is 1. The van der Waals surface area contributed by atoms with Gasteiger partial charge in [-0.25, -0.2) is 0 Å². The first kappa shape index (κ1) is 21.7. The highest BCUT2D eigenvalue weighted by atomic mass is 32.2. The topological polar surface area (TPSA) is 35.6 Å². The first-order valence-electron chi connectivity index (χ1n) is 10.7. The fourth-order valence-electron chi connectivity index (χ4n) is 3.64. The molecule has 1 heterocycles. The summed E-state index contributed by atoms with van der Waals surface area (Å²) in [4.78, 5) is 18.7. The average Bonchev–Trinajstić information content (AvgIpc) is 2.75. The van der Waals surface area contributed by atoms with E-state index >= 15 is 0 Å². The SMILES string of the molecule is CCN(CC)CCCNC(=O)c1ccc2c(c1)N(Cc1ccc(C)cc1)CCS2. The van der Waals surface area contributed by atoms with Crippen molar-refractivity contribution in [2.75, 3.05) is 43.4 Å².